The van der Waals surface area contributed by atoms with E-state index in [1.54, 1.807) is 0 Å². The Morgan fingerprint density at radius 3 is 2.58 bits per heavy atom. The standard InChI is InChI=1S/C13H19NO5/c1-2-3-8-18-9-4-7-14-12(15)10-5-6-11(19-10)13(16)17/h5-6H,2-4,7-9H2,1H3,(H,14,15)(H,16,17). The number of furan rings is 1. The molecule has 1 heterocycles. The Bertz CT molecular complexity index is 413. The quantitative estimate of drug-likeness (QED) is 0.668. The molecule has 0 radical (unpaired) electrons. The van der Waals surface area contributed by atoms with Gasteiger partial charge in [0.2, 0.25) is 5.76 Å². The molecule has 0 spiro atoms. The number of nitrogens with one attached hydrogen (secondary N) is 1. The number of hydrogen-bond donors (Lipinski definition) is 2. The van der Waals surface area contributed by atoms with Crippen LogP contribution in [0.15, 0.2) is 16.5 Å². The molecule has 0 aromatic carbocycles. The van der Waals surface area contributed by atoms with E-state index in [-0.39, 0.29) is 11.5 Å². The number of carboxylic acids is 1. The van der Waals surface area contributed by atoms with Crippen molar-refractivity contribution in [3.63, 3.8) is 0 Å². The zero-order valence-electron chi connectivity index (χ0n) is 11.0. The van der Waals surface area contributed by atoms with Crippen LogP contribution >= 0.6 is 0 Å². The van der Waals surface area contributed by atoms with Crippen LogP contribution in [0.5, 0.6) is 0 Å². The van der Waals surface area contributed by atoms with Crippen LogP contribution in [0.3, 0.4) is 0 Å². The summed E-state index contributed by atoms with van der Waals surface area (Å²) in [4.78, 5) is 22.2. The van der Waals surface area contributed by atoms with Gasteiger partial charge >= 0.3 is 5.97 Å². The van der Waals surface area contributed by atoms with Gasteiger partial charge in [-0.25, -0.2) is 4.79 Å². The van der Waals surface area contributed by atoms with E-state index in [4.69, 9.17) is 14.3 Å². The molecule has 0 saturated carbocycles. The molecule has 0 fully saturated rings. The van der Waals surface area contributed by atoms with E-state index < -0.39 is 11.9 Å². The average molecular weight is 269 g/mol. The SMILES string of the molecule is CCCCOCCCNC(=O)c1ccc(C(=O)O)o1. The fourth-order valence-electron chi connectivity index (χ4n) is 1.39. The lowest BCUT2D eigenvalue weighted by Crippen LogP contribution is -2.24. The second kappa shape index (κ2) is 8.31. The Morgan fingerprint density at radius 1 is 1.26 bits per heavy atom. The molecule has 6 nitrogen and oxygen atoms in total. The van der Waals surface area contributed by atoms with Crippen molar-refractivity contribution in [1.29, 1.82) is 0 Å². The fraction of sp³-hybridized carbons (Fsp3) is 0.538. The Kier molecular flexibility index (Phi) is 6.67. The summed E-state index contributed by atoms with van der Waals surface area (Å²) in [5.74, 6) is -1.85. The lowest BCUT2D eigenvalue weighted by molar-refractivity contribution is 0.0659. The van der Waals surface area contributed by atoms with Gasteiger partial charge in [0, 0.05) is 19.8 Å². The zero-order valence-corrected chi connectivity index (χ0v) is 11.0. The Hall–Kier alpha value is -1.82. The van der Waals surface area contributed by atoms with Crippen LogP contribution in [0, 0.1) is 0 Å². The van der Waals surface area contributed by atoms with Crippen molar-refractivity contribution < 1.29 is 23.8 Å². The van der Waals surface area contributed by atoms with E-state index in [1.165, 1.54) is 12.1 Å². The number of aromatic carboxylic acids is 1. The van der Waals surface area contributed by atoms with Crippen molar-refractivity contribution in [2.24, 2.45) is 0 Å². The fourth-order valence-corrected chi connectivity index (χ4v) is 1.39. The highest BCUT2D eigenvalue weighted by Crippen LogP contribution is 2.07. The minimum absolute atomic E-state index is 0.00398. The van der Waals surface area contributed by atoms with Crippen molar-refractivity contribution in [2.75, 3.05) is 19.8 Å². The highest BCUT2D eigenvalue weighted by molar-refractivity contribution is 5.93. The van der Waals surface area contributed by atoms with Crippen molar-refractivity contribution in [3.05, 3.63) is 23.7 Å². The first-order valence-electron chi connectivity index (χ1n) is 6.34. The molecule has 0 unspecified atom stereocenters. The third-order valence-corrected chi connectivity index (χ3v) is 2.43. The molecular weight excluding hydrogens is 250 g/mol. The first-order chi connectivity index (χ1) is 9.15. The summed E-state index contributed by atoms with van der Waals surface area (Å²) in [6.45, 7) is 3.90. The van der Waals surface area contributed by atoms with E-state index in [0.717, 1.165) is 19.4 Å². The Morgan fingerprint density at radius 2 is 1.95 bits per heavy atom. The second-order valence-electron chi connectivity index (χ2n) is 4.04. The molecule has 0 aliphatic carbocycles. The third kappa shape index (κ3) is 5.56. The van der Waals surface area contributed by atoms with Crippen LogP contribution in [0.4, 0.5) is 0 Å². The molecule has 1 amide bonds. The summed E-state index contributed by atoms with van der Waals surface area (Å²) < 4.78 is 10.2. The topological polar surface area (TPSA) is 88.8 Å². The van der Waals surface area contributed by atoms with E-state index in [2.05, 4.69) is 12.2 Å². The first kappa shape index (κ1) is 15.2. The van der Waals surface area contributed by atoms with Crippen LogP contribution in [0.1, 0.15) is 47.3 Å². The van der Waals surface area contributed by atoms with Crippen LogP contribution in [-0.4, -0.2) is 36.7 Å². The maximum absolute atomic E-state index is 11.6. The molecule has 0 aliphatic rings. The number of amides is 1. The van der Waals surface area contributed by atoms with E-state index in [9.17, 15) is 9.59 Å². The van der Waals surface area contributed by atoms with Gasteiger partial charge in [-0.05, 0) is 25.0 Å². The summed E-state index contributed by atoms with van der Waals surface area (Å²) in [6.07, 6.45) is 2.85. The summed E-state index contributed by atoms with van der Waals surface area (Å²) in [6, 6.07) is 2.60. The van der Waals surface area contributed by atoms with Crippen LogP contribution < -0.4 is 5.32 Å². The molecule has 1 aromatic rings. The number of ether oxygens (including phenoxy) is 1. The number of hydrogen-bond acceptors (Lipinski definition) is 4. The summed E-state index contributed by atoms with van der Waals surface area (Å²) in [5.41, 5.74) is 0. The van der Waals surface area contributed by atoms with Crippen molar-refractivity contribution >= 4 is 11.9 Å². The lowest BCUT2D eigenvalue weighted by atomic mass is 10.3. The summed E-state index contributed by atoms with van der Waals surface area (Å²) >= 11 is 0. The van der Waals surface area contributed by atoms with Gasteiger partial charge in [0.1, 0.15) is 0 Å². The van der Waals surface area contributed by atoms with Gasteiger partial charge in [-0.15, -0.1) is 0 Å². The monoisotopic (exact) mass is 269 g/mol. The van der Waals surface area contributed by atoms with Crippen molar-refractivity contribution in [3.8, 4) is 0 Å². The van der Waals surface area contributed by atoms with Crippen LogP contribution in [0.2, 0.25) is 0 Å². The molecule has 0 bridgehead atoms. The normalized spacial score (nSPS) is 10.4. The summed E-state index contributed by atoms with van der Waals surface area (Å²) in [5, 5.41) is 11.3. The minimum atomic E-state index is -1.19. The molecule has 6 heteroatoms. The highest BCUT2D eigenvalue weighted by atomic mass is 16.5. The molecule has 106 valence electrons. The van der Waals surface area contributed by atoms with Crippen molar-refractivity contribution in [1.82, 2.24) is 5.32 Å². The first-order valence-corrected chi connectivity index (χ1v) is 6.34. The molecule has 2 N–H and O–H groups in total. The molecular formula is C13H19NO5. The van der Waals surface area contributed by atoms with Gasteiger partial charge < -0.3 is 19.6 Å². The van der Waals surface area contributed by atoms with Gasteiger partial charge in [0.15, 0.2) is 5.76 Å². The van der Waals surface area contributed by atoms with Gasteiger partial charge in [0.25, 0.3) is 5.91 Å². The second-order valence-corrected chi connectivity index (χ2v) is 4.04. The van der Waals surface area contributed by atoms with Crippen molar-refractivity contribution in [2.45, 2.75) is 26.2 Å². The lowest BCUT2D eigenvalue weighted by Gasteiger charge is -2.04. The largest absolute Gasteiger partial charge is 0.475 e. The van der Waals surface area contributed by atoms with Crippen LogP contribution in [0.25, 0.3) is 0 Å². The number of carboxylic acid groups (broad SMARTS) is 1. The molecule has 1 rings (SSSR count). The number of unbranched alkanes of at least 4 members (excludes halogenated alkanes) is 1. The van der Waals surface area contributed by atoms with Gasteiger partial charge in [-0.1, -0.05) is 13.3 Å². The van der Waals surface area contributed by atoms with Gasteiger partial charge in [0.05, 0.1) is 0 Å². The predicted octanol–water partition coefficient (Wildman–Crippen LogP) is 1.91. The Balaban J connectivity index is 2.18. The smallest absolute Gasteiger partial charge is 0.371 e. The zero-order chi connectivity index (χ0) is 14.1. The van der Waals surface area contributed by atoms with Gasteiger partial charge in [-0.2, -0.15) is 0 Å². The Labute approximate surface area is 111 Å². The molecule has 0 saturated heterocycles. The third-order valence-electron chi connectivity index (χ3n) is 2.43. The number of rotatable bonds is 9. The number of carbonyl (C=O) groups excluding carboxylic acids is 1. The van der Waals surface area contributed by atoms with E-state index in [0.29, 0.717) is 19.6 Å². The van der Waals surface area contributed by atoms with E-state index in [1.807, 2.05) is 0 Å². The molecule has 1 aromatic heterocycles. The average Bonchev–Trinajstić information content (AvgIpc) is 2.87. The maximum Gasteiger partial charge on any atom is 0.371 e. The molecule has 0 aliphatic heterocycles. The highest BCUT2D eigenvalue weighted by Gasteiger charge is 2.14. The molecule has 0 atom stereocenters. The van der Waals surface area contributed by atoms with E-state index >= 15 is 0 Å². The summed E-state index contributed by atoms with van der Waals surface area (Å²) in [7, 11) is 0. The maximum atomic E-state index is 11.6. The molecule has 19 heavy (non-hydrogen) atoms. The predicted molar refractivity (Wildman–Crippen MR) is 68.3 cm³/mol. The minimum Gasteiger partial charge on any atom is -0.475 e. The van der Waals surface area contributed by atoms with Gasteiger partial charge in [-0.3, -0.25) is 4.79 Å². The van der Waals surface area contributed by atoms with Crippen LogP contribution in [-0.2, 0) is 4.74 Å². The number of carbonyl (C=O) groups is 2.